The lowest BCUT2D eigenvalue weighted by Crippen LogP contribution is -2.34. The molecule has 0 saturated carbocycles. The van der Waals surface area contributed by atoms with Crippen LogP contribution in [0.15, 0.2) is 60.0 Å². The van der Waals surface area contributed by atoms with E-state index in [-0.39, 0.29) is 31.0 Å². The van der Waals surface area contributed by atoms with E-state index in [4.69, 9.17) is 0 Å². The van der Waals surface area contributed by atoms with Crippen molar-refractivity contribution in [3.63, 3.8) is 0 Å². The van der Waals surface area contributed by atoms with Gasteiger partial charge in [0.25, 0.3) is 0 Å². The first-order valence-corrected chi connectivity index (χ1v) is 11.6. The molecule has 0 bridgehead atoms. The molecule has 10 heteroatoms. The Bertz CT molecular complexity index is 1230. The first-order chi connectivity index (χ1) is 15.2. The van der Waals surface area contributed by atoms with Crippen LogP contribution in [0.2, 0.25) is 0 Å². The quantitative estimate of drug-likeness (QED) is 0.583. The van der Waals surface area contributed by atoms with Gasteiger partial charge in [-0.15, -0.1) is 0 Å². The average Bonchev–Trinajstić information content (AvgIpc) is 3.04. The van der Waals surface area contributed by atoms with Gasteiger partial charge in [-0.25, -0.2) is 18.4 Å². The van der Waals surface area contributed by atoms with Gasteiger partial charge in [-0.2, -0.15) is 17.5 Å². The molecule has 1 aliphatic heterocycles. The first-order valence-electron chi connectivity index (χ1n) is 10.1. The molecule has 3 aromatic rings. The van der Waals surface area contributed by atoms with Crippen molar-refractivity contribution in [2.24, 2.45) is 0 Å². The van der Waals surface area contributed by atoms with Gasteiger partial charge in [0, 0.05) is 37.0 Å². The highest BCUT2D eigenvalue weighted by atomic mass is 32.2. The van der Waals surface area contributed by atoms with Crippen molar-refractivity contribution < 1.29 is 21.6 Å². The Kier molecular flexibility index (Phi) is 6.16. The Morgan fingerprint density at radius 2 is 1.59 bits per heavy atom. The fraction of sp³-hybridized carbons (Fsp3) is 0.273. The lowest BCUT2D eigenvalue weighted by Gasteiger charge is -2.24. The number of hydrogen-bond donors (Lipinski definition) is 0. The number of anilines is 1. The Balaban J connectivity index is 1.58. The monoisotopic (exact) mass is 462 g/mol. The van der Waals surface area contributed by atoms with Crippen molar-refractivity contribution in [2.75, 3.05) is 31.1 Å². The number of rotatable bonds is 4. The van der Waals surface area contributed by atoms with Gasteiger partial charge in [-0.3, -0.25) is 0 Å². The van der Waals surface area contributed by atoms with Gasteiger partial charge in [-0.05, 0) is 30.2 Å². The molecule has 6 nitrogen and oxygen atoms in total. The van der Waals surface area contributed by atoms with Crippen LogP contribution in [0.1, 0.15) is 17.8 Å². The molecular formula is C22H21F3N4O2S. The zero-order valence-corrected chi connectivity index (χ0v) is 17.9. The molecule has 1 aromatic heterocycles. The van der Waals surface area contributed by atoms with E-state index in [0.717, 1.165) is 5.56 Å². The van der Waals surface area contributed by atoms with Crippen LogP contribution in [-0.2, 0) is 16.2 Å². The molecule has 4 rings (SSSR count). The molecule has 2 aromatic carbocycles. The fourth-order valence-corrected chi connectivity index (χ4v) is 4.82. The highest BCUT2D eigenvalue weighted by Gasteiger charge is 2.36. The summed E-state index contributed by atoms with van der Waals surface area (Å²) in [7, 11) is -3.67. The predicted molar refractivity (Wildman–Crippen MR) is 117 cm³/mol. The lowest BCUT2D eigenvalue weighted by atomic mass is 10.2. The summed E-state index contributed by atoms with van der Waals surface area (Å²) in [4.78, 5) is 9.17. The van der Waals surface area contributed by atoms with Crippen LogP contribution < -0.4 is 4.90 Å². The molecular weight excluding hydrogens is 441 g/mol. The van der Waals surface area contributed by atoms with Crippen LogP contribution >= 0.6 is 0 Å². The van der Waals surface area contributed by atoms with Crippen molar-refractivity contribution in [2.45, 2.75) is 12.6 Å². The van der Waals surface area contributed by atoms with Crippen LogP contribution in [0.4, 0.5) is 19.0 Å². The number of hydrogen-bond acceptors (Lipinski definition) is 5. The SMILES string of the molecule is O=S(=O)(C=Cc1ccccc1)N1CCCN(c2nc(C(F)(F)F)nc3ccccc23)CC1. The average molecular weight is 462 g/mol. The van der Waals surface area contributed by atoms with Gasteiger partial charge in [0.15, 0.2) is 0 Å². The van der Waals surface area contributed by atoms with Crippen LogP contribution in [0.3, 0.4) is 0 Å². The highest BCUT2D eigenvalue weighted by Crippen LogP contribution is 2.32. The van der Waals surface area contributed by atoms with Gasteiger partial charge < -0.3 is 4.90 Å². The molecule has 0 unspecified atom stereocenters. The third-order valence-electron chi connectivity index (χ3n) is 5.18. The summed E-state index contributed by atoms with van der Waals surface area (Å²) in [5.41, 5.74) is 0.962. The van der Waals surface area contributed by atoms with E-state index in [0.29, 0.717) is 18.4 Å². The molecule has 0 atom stereocenters. The third kappa shape index (κ3) is 4.91. The Labute approximate surface area is 184 Å². The van der Waals surface area contributed by atoms with E-state index in [2.05, 4.69) is 9.97 Å². The van der Waals surface area contributed by atoms with Crippen LogP contribution in [0.5, 0.6) is 0 Å². The van der Waals surface area contributed by atoms with E-state index >= 15 is 0 Å². The predicted octanol–water partition coefficient (Wildman–Crippen LogP) is 4.16. The number of nitrogens with zero attached hydrogens (tertiary/aromatic N) is 4. The van der Waals surface area contributed by atoms with Crippen molar-refractivity contribution in [3.05, 3.63) is 71.4 Å². The van der Waals surface area contributed by atoms with E-state index < -0.39 is 22.0 Å². The molecule has 2 heterocycles. The minimum Gasteiger partial charge on any atom is -0.355 e. The Morgan fingerprint density at radius 3 is 2.34 bits per heavy atom. The second kappa shape index (κ2) is 8.87. The standard InChI is InChI=1S/C22H21F3N4O2S/c23-22(24,25)21-26-19-10-5-4-9-18(19)20(27-21)28-12-6-13-29(15-14-28)32(30,31)16-11-17-7-2-1-3-8-17/h1-5,7-11,16H,6,12-15H2. The van der Waals surface area contributed by atoms with Crippen molar-refractivity contribution >= 4 is 32.8 Å². The smallest absolute Gasteiger partial charge is 0.355 e. The maximum atomic E-state index is 13.3. The summed E-state index contributed by atoms with van der Waals surface area (Å²) in [6.07, 6.45) is -2.69. The van der Waals surface area contributed by atoms with Crippen molar-refractivity contribution in [1.29, 1.82) is 0 Å². The van der Waals surface area contributed by atoms with Crippen LogP contribution in [0.25, 0.3) is 17.0 Å². The first kappa shape index (κ1) is 22.2. The maximum absolute atomic E-state index is 13.3. The summed E-state index contributed by atoms with van der Waals surface area (Å²) in [5, 5.41) is 1.67. The summed E-state index contributed by atoms with van der Waals surface area (Å²) in [5.74, 6) is -1.03. The van der Waals surface area contributed by atoms with E-state index in [1.807, 2.05) is 18.2 Å². The fourth-order valence-electron chi connectivity index (χ4n) is 3.60. The number of benzene rings is 2. The molecule has 1 saturated heterocycles. The molecule has 0 spiro atoms. The largest absolute Gasteiger partial charge is 0.451 e. The number of fused-ring (bicyclic) bond motifs is 1. The second-order valence-corrected chi connectivity index (χ2v) is 9.20. The number of aromatic nitrogens is 2. The maximum Gasteiger partial charge on any atom is 0.451 e. The second-order valence-electron chi connectivity index (χ2n) is 7.38. The summed E-state index contributed by atoms with van der Waals surface area (Å²) in [6.45, 7) is 1.01. The number of halogens is 3. The number of para-hydroxylation sites is 1. The lowest BCUT2D eigenvalue weighted by molar-refractivity contribution is -0.144. The number of alkyl halides is 3. The van der Waals surface area contributed by atoms with Crippen molar-refractivity contribution in [3.8, 4) is 0 Å². The summed E-state index contributed by atoms with van der Waals surface area (Å²) in [6, 6.07) is 15.6. The van der Waals surface area contributed by atoms with Crippen LogP contribution in [-0.4, -0.2) is 48.9 Å². The third-order valence-corrected chi connectivity index (χ3v) is 6.75. The van der Waals surface area contributed by atoms with Gasteiger partial charge in [0.05, 0.1) is 5.52 Å². The molecule has 32 heavy (non-hydrogen) atoms. The molecule has 0 aliphatic carbocycles. The Morgan fingerprint density at radius 1 is 0.875 bits per heavy atom. The molecule has 168 valence electrons. The Hall–Kier alpha value is -2.98. The number of sulfonamides is 1. The summed E-state index contributed by atoms with van der Waals surface area (Å²) >= 11 is 0. The van der Waals surface area contributed by atoms with Gasteiger partial charge in [-0.1, -0.05) is 42.5 Å². The van der Waals surface area contributed by atoms with Gasteiger partial charge in [0.1, 0.15) is 5.82 Å². The zero-order valence-electron chi connectivity index (χ0n) is 17.0. The van der Waals surface area contributed by atoms with E-state index in [1.165, 1.54) is 21.9 Å². The van der Waals surface area contributed by atoms with Gasteiger partial charge >= 0.3 is 6.18 Å². The highest BCUT2D eigenvalue weighted by molar-refractivity contribution is 7.92. The normalized spacial score (nSPS) is 16.5. The van der Waals surface area contributed by atoms with Crippen LogP contribution in [0, 0.1) is 0 Å². The molecule has 1 aliphatic rings. The van der Waals surface area contributed by atoms with E-state index in [1.54, 1.807) is 35.2 Å². The van der Waals surface area contributed by atoms with Crippen molar-refractivity contribution in [1.82, 2.24) is 14.3 Å². The van der Waals surface area contributed by atoms with E-state index in [9.17, 15) is 21.6 Å². The molecule has 1 fully saturated rings. The molecule has 0 amide bonds. The molecule has 0 N–H and O–H groups in total. The zero-order chi connectivity index (χ0) is 22.8. The minimum absolute atomic E-state index is 0.140. The van der Waals surface area contributed by atoms with Gasteiger partial charge in [0.2, 0.25) is 15.8 Å². The molecule has 0 radical (unpaired) electrons. The topological polar surface area (TPSA) is 66.4 Å². The minimum atomic E-state index is -4.68. The summed E-state index contributed by atoms with van der Waals surface area (Å²) < 4.78 is 67.0.